The van der Waals surface area contributed by atoms with Gasteiger partial charge in [0.1, 0.15) is 11.3 Å². The molecule has 3 aromatic rings. The van der Waals surface area contributed by atoms with Crippen LogP contribution >= 0.6 is 11.6 Å². The fourth-order valence-electron chi connectivity index (χ4n) is 2.64. The van der Waals surface area contributed by atoms with Gasteiger partial charge in [0.25, 0.3) is 0 Å². The van der Waals surface area contributed by atoms with Gasteiger partial charge in [-0.15, -0.1) is 11.6 Å². The lowest BCUT2D eigenvalue weighted by Gasteiger charge is -2.06. The van der Waals surface area contributed by atoms with E-state index in [-0.39, 0.29) is 0 Å². The van der Waals surface area contributed by atoms with E-state index in [1.165, 1.54) is 5.56 Å². The maximum Gasteiger partial charge on any atom is 0.160 e. The third kappa shape index (κ3) is 2.42. The Hall–Kier alpha value is -1.88. The van der Waals surface area contributed by atoms with Crippen LogP contribution in [0.2, 0.25) is 0 Å². The normalized spacial score (nSPS) is 11.4. The summed E-state index contributed by atoms with van der Waals surface area (Å²) in [5, 5.41) is 4.49. The smallest absolute Gasteiger partial charge is 0.160 e. The number of hydrogen-bond acceptors (Lipinski definition) is 3. The lowest BCUT2D eigenvalue weighted by Crippen LogP contribution is -2.05. The summed E-state index contributed by atoms with van der Waals surface area (Å²) in [6, 6.07) is 1.97. The van der Waals surface area contributed by atoms with E-state index in [0.717, 1.165) is 34.7 Å². The van der Waals surface area contributed by atoms with Crippen molar-refractivity contribution < 1.29 is 0 Å². The SMILES string of the molecule is CCc1nn(C)cc1Cn1c(CCl)nc2c(C)ccnc21. The summed E-state index contributed by atoms with van der Waals surface area (Å²) in [4.78, 5) is 9.11. The molecular weight excluding hydrogens is 286 g/mol. The predicted octanol–water partition coefficient (Wildman–Crippen LogP) is 2.82. The van der Waals surface area contributed by atoms with E-state index in [1.807, 2.05) is 30.9 Å². The van der Waals surface area contributed by atoms with E-state index in [2.05, 4.69) is 32.8 Å². The van der Waals surface area contributed by atoms with Gasteiger partial charge in [-0.25, -0.2) is 9.97 Å². The molecule has 3 aromatic heterocycles. The third-order valence-corrected chi connectivity index (χ3v) is 3.93. The molecule has 3 rings (SSSR count). The maximum atomic E-state index is 6.07. The zero-order chi connectivity index (χ0) is 15.0. The van der Waals surface area contributed by atoms with Crippen molar-refractivity contribution in [2.75, 3.05) is 0 Å². The van der Waals surface area contributed by atoms with Gasteiger partial charge >= 0.3 is 0 Å². The van der Waals surface area contributed by atoms with Crippen LogP contribution in [-0.4, -0.2) is 24.3 Å². The number of halogens is 1. The van der Waals surface area contributed by atoms with Crippen LogP contribution in [-0.2, 0) is 25.9 Å². The molecule has 0 aliphatic rings. The van der Waals surface area contributed by atoms with E-state index in [4.69, 9.17) is 11.6 Å². The molecule has 110 valence electrons. The van der Waals surface area contributed by atoms with E-state index < -0.39 is 0 Å². The fourth-order valence-corrected chi connectivity index (χ4v) is 2.84. The second-order valence-electron chi connectivity index (χ2n) is 5.18. The van der Waals surface area contributed by atoms with E-state index in [0.29, 0.717) is 12.4 Å². The molecule has 0 spiro atoms. The molecule has 0 amide bonds. The van der Waals surface area contributed by atoms with Gasteiger partial charge in [-0.3, -0.25) is 4.68 Å². The number of aromatic nitrogens is 5. The van der Waals surface area contributed by atoms with Crippen molar-refractivity contribution in [3.05, 3.63) is 41.1 Å². The first-order valence-electron chi connectivity index (χ1n) is 7.02. The first-order valence-corrected chi connectivity index (χ1v) is 7.55. The zero-order valence-corrected chi connectivity index (χ0v) is 13.2. The molecular formula is C15H18ClN5. The van der Waals surface area contributed by atoms with Gasteiger partial charge in [0, 0.05) is 25.0 Å². The minimum absolute atomic E-state index is 0.373. The van der Waals surface area contributed by atoms with Crippen molar-refractivity contribution in [2.24, 2.45) is 7.05 Å². The summed E-state index contributed by atoms with van der Waals surface area (Å²) in [6.45, 7) is 4.86. The minimum atomic E-state index is 0.373. The van der Waals surface area contributed by atoms with Crippen LogP contribution in [0.25, 0.3) is 11.2 Å². The van der Waals surface area contributed by atoms with Crippen molar-refractivity contribution in [3.8, 4) is 0 Å². The van der Waals surface area contributed by atoms with Crippen LogP contribution in [0.5, 0.6) is 0 Å². The highest BCUT2D eigenvalue weighted by Gasteiger charge is 2.15. The number of rotatable bonds is 4. The number of hydrogen-bond donors (Lipinski definition) is 0. The van der Waals surface area contributed by atoms with Gasteiger partial charge in [0.2, 0.25) is 0 Å². The summed E-state index contributed by atoms with van der Waals surface area (Å²) >= 11 is 6.07. The van der Waals surface area contributed by atoms with Gasteiger partial charge in [0.05, 0.1) is 18.1 Å². The molecule has 0 saturated carbocycles. The largest absolute Gasteiger partial charge is 0.307 e. The Bertz CT molecular complexity index is 787. The zero-order valence-electron chi connectivity index (χ0n) is 12.5. The Labute approximate surface area is 128 Å². The number of aryl methyl sites for hydroxylation is 3. The van der Waals surface area contributed by atoms with Crippen LogP contribution < -0.4 is 0 Å². The number of nitrogens with zero attached hydrogens (tertiary/aromatic N) is 5. The third-order valence-electron chi connectivity index (χ3n) is 3.69. The molecule has 0 aliphatic carbocycles. The molecule has 6 heteroatoms. The molecule has 0 aliphatic heterocycles. The molecule has 0 radical (unpaired) electrons. The molecule has 21 heavy (non-hydrogen) atoms. The topological polar surface area (TPSA) is 48.5 Å². The summed E-state index contributed by atoms with van der Waals surface area (Å²) < 4.78 is 3.94. The van der Waals surface area contributed by atoms with Gasteiger partial charge in [-0.1, -0.05) is 6.92 Å². The summed E-state index contributed by atoms with van der Waals surface area (Å²) in [5.74, 6) is 1.22. The first kappa shape index (κ1) is 14.1. The molecule has 0 N–H and O–H groups in total. The first-order chi connectivity index (χ1) is 10.1. The van der Waals surface area contributed by atoms with Crippen molar-refractivity contribution in [1.82, 2.24) is 24.3 Å². The standard InChI is InChI=1S/C15H18ClN5/c1-4-12-11(8-20(3)19-12)9-21-13(7-16)18-14-10(2)5-6-17-15(14)21/h5-6,8H,4,7,9H2,1-3H3. The van der Waals surface area contributed by atoms with Crippen molar-refractivity contribution >= 4 is 22.8 Å². The lowest BCUT2D eigenvalue weighted by molar-refractivity contribution is 0.746. The quantitative estimate of drug-likeness (QED) is 0.696. The molecule has 5 nitrogen and oxygen atoms in total. The average molecular weight is 304 g/mol. The van der Waals surface area contributed by atoms with Crippen molar-refractivity contribution in [1.29, 1.82) is 0 Å². The highest BCUT2D eigenvalue weighted by Crippen LogP contribution is 2.21. The Morgan fingerprint density at radius 3 is 2.86 bits per heavy atom. The van der Waals surface area contributed by atoms with Crippen molar-refractivity contribution in [2.45, 2.75) is 32.7 Å². The number of pyridine rings is 1. The van der Waals surface area contributed by atoms with E-state index >= 15 is 0 Å². The van der Waals surface area contributed by atoms with Crippen LogP contribution in [0.3, 0.4) is 0 Å². The van der Waals surface area contributed by atoms with Gasteiger partial charge < -0.3 is 4.57 Å². The Morgan fingerprint density at radius 2 is 2.14 bits per heavy atom. The van der Waals surface area contributed by atoms with Crippen molar-refractivity contribution in [3.63, 3.8) is 0 Å². The second kappa shape index (κ2) is 5.48. The Morgan fingerprint density at radius 1 is 1.33 bits per heavy atom. The van der Waals surface area contributed by atoms with Crippen LogP contribution in [0.1, 0.15) is 29.6 Å². The maximum absolute atomic E-state index is 6.07. The average Bonchev–Trinajstić information content (AvgIpc) is 3.01. The highest BCUT2D eigenvalue weighted by atomic mass is 35.5. The van der Waals surface area contributed by atoms with Gasteiger partial charge in [-0.2, -0.15) is 5.10 Å². The predicted molar refractivity (Wildman–Crippen MR) is 83.5 cm³/mol. The highest BCUT2D eigenvalue weighted by molar-refractivity contribution is 6.16. The minimum Gasteiger partial charge on any atom is -0.307 e. The van der Waals surface area contributed by atoms with Gasteiger partial charge in [0.15, 0.2) is 5.65 Å². The lowest BCUT2D eigenvalue weighted by atomic mass is 10.2. The monoisotopic (exact) mass is 303 g/mol. The molecule has 0 atom stereocenters. The van der Waals surface area contributed by atoms with E-state index in [1.54, 1.807) is 0 Å². The van der Waals surface area contributed by atoms with Gasteiger partial charge in [-0.05, 0) is 25.0 Å². The Balaban J connectivity index is 2.13. The van der Waals surface area contributed by atoms with Crippen LogP contribution in [0, 0.1) is 6.92 Å². The fraction of sp³-hybridized carbons (Fsp3) is 0.400. The molecule has 0 fully saturated rings. The number of fused-ring (bicyclic) bond motifs is 1. The Kier molecular flexibility index (Phi) is 3.68. The summed E-state index contributed by atoms with van der Waals surface area (Å²) in [7, 11) is 1.94. The second-order valence-corrected chi connectivity index (χ2v) is 5.44. The molecule has 0 unspecified atom stereocenters. The number of imidazole rings is 1. The van der Waals surface area contributed by atoms with Crippen LogP contribution in [0.4, 0.5) is 0 Å². The summed E-state index contributed by atoms with van der Waals surface area (Å²) in [5.41, 5.74) is 5.22. The molecule has 3 heterocycles. The molecule has 0 saturated heterocycles. The molecule has 0 aromatic carbocycles. The van der Waals surface area contributed by atoms with E-state index in [9.17, 15) is 0 Å². The summed E-state index contributed by atoms with van der Waals surface area (Å²) in [6.07, 6.45) is 4.78. The number of alkyl halides is 1. The molecule has 0 bridgehead atoms. The van der Waals surface area contributed by atoms with Crippen LogP contribution in [0.15, 0.2) is 18.5 Å².